The molecule has 0 aliphatic carbocycles. The summed E-state index contributed by atoms with van der Waals surface area (Å²) in [7, 11) is 1.62. The van der Waals surface area contributed by atoms with Gasteiger partial charge in [-0.15, -0.1) is 0 Å². The van der Waals surface area contributed by atoms with Crippen molar-refractivity contribution in [3.05, 3.63) is 0 Å². The lowest BCUT2D eigenvalue weighted by atomic mass is 10.0. The van der Waals surface area contributed by atoms with Crippen LogP contribution in [-0.2, 0) is 14.3 Å². The molecule has 122 valence electrons. The third kappa shape index (κ3) is 6.77. The first-order chi connectivity index (χ1) is 9.97. The van der Waals surface area contributed by atoms with E-state index in [1.165, 1.54) is 0 Å². The Morgan fingerprint density at radius 1 is 1.38 bits per heavy atom. The Morgan fingerprint density at radius 3 is 2.71 bits per heavy atom. The number of urea groups is 1. The van der Waals surface area contributed by atoms with E-state index in [0.29, 0.717) is 32.7 Å². The van der Waals surface area contributed by atoms with Crippen molar-refractivity contribution >= 4 is 12.0 Å². The molecule has 0 aromatic carbocycles. The van der Waals surface area contributed by atoms with Crippen LogP contribution in [0.4, 0.5) is 4.79 Å². The normalized spacial score (nSPS) is 22.8. The van der Waals surface area contributed by atoms with Crippen LogP contribution in [0.1, 0.15) is 32.6 Å². The smallest absolute Gasteiger partial charge is 0.314 e. The number of carboxylic acid groups (broad SMARTS) is 1. The molecule has 1 aliphatic rings. The summed E-state index contributed by atoms with van der Waals surface area (Å²) in [5.41, 5.74) is -0.411. The van der Waals surface area contributed by atoms with Crippen LogP contribution < -0.4 is 10.6 Å². The molecule has 2 unspecified atom stereocenters. The summed E-state index contributed by atoms with van der Waals surface area (Å²) in [5.74, 6) is -0.508. The van der Waals surface area contributed by atoms with Gasteiger partial charge in [0.1, 0.15) is 5.60 Å². The van der Waals surface area contributed by atoms with E-state index in [9.17, 15) is 9.59 Å². The largest absolute Gasteiger partial charge is 0.481 e. The van der Waals surface area contributed by atoms with E-state index in [-0.39, 0.29) is 18.4 Å². The van der Waals surface area contributed by atoms with Gasteiger partial charge in [0, 0.05) is 33.1 Å². The number of hydrogen-bond acceptors (Lipinski definition) is 4. The first kappa shape index (κ1) is 17.7. The number of carboxylic acids is 1. The molecule has 0 saturated carbocycles. The second-order valence-corrected chi connectivity index (χ2v) is 5.63. The molecule has 7 heteroatoms. The molecule has 0 aromatic rings. The van der Waals surface area contributed by atoms with Crippen molar-refractivity contribution in [1.29, 1.82) is 0 Å². The summed E-state index contributed by atoms with van der Waals surface area (Å²) in [4.78, 5) is 22.1. The van der Waals surface area contributed by atoms with Gasteiger partial charge in [-0.3, -0.25) is 4.79 Å². The van der Waals surface area contributed by atoms with E-state index < -0.39 is 11.6 Å². The molecule has 7 nitrogen and oxygen atoms in total. The number of amides is 2. The fraction of sp³-hybridized carbons (Fsp3) is 0.857. The molecule has 1 aliphatic heterocycles. The number of aliphatic carboxylic acids is 1. The Morgan fingerprint density at radius 2 is 2.14 bits per heavy atom. The van der Waals surface area contributed by atoms with Crippen molar-refractivity contribution < 1.29 is 24.2 Å². The maximum atomic E-state index is 11.7. The minimum Gasteiger partial charge on any atom is -0.481 e. The van der Waals surface area contributed by atoms with Gasteiger partial charge in [0.25, 0.3) is 0 Å². The van der Waals surface area contributed by atoms with Gasteiger partial charge in [0.2, 0.25) is 0 Å². The Bertz CT molecular complexity index is 342. The molecule has 1 rings (SSSR count). The van der Waals surface area contributed by atoms with E-state index in [4.69, 9.17) is 14.6 Å². The molecule has 0 spiro atoms. The minimum absolute atomic E-state index is 0.170. The van der Waals surface area contributed by atoms with Gasteiger partial charge >= 0.3 is 12.0 Å². The van der Waals surface area contributed by atoms with E-state index in [2.05, 4.69) is 10.6 Å². The standard InChI is InChI=1S/C14H26N2O5/c1-11(3-4-12(17)18)5-7-15-13(19)16-9-14(20-2)6-8-21-10-14/h11H,3-10H2,1-2H3,(H,17,18)(H2,15,16,19). The molecule has 0 bridgehead atoms. The maximum absolute atomic E-state index is 11.7. The molecule has 2 atom stereocenters. The lowest BCUT2D eigenvalue weighted by Gasteiger charge is -2.25. The highest BCUT2D eigenvalue weighted by molar-refractivity contribution is 5.73. The van der Waals surface area contributed by atoms with E-state index in [1.54, 1.807) is 7.11 Å². The lowest BCUT2D eigenvalue weighted by Crippen LogP contribution is -2.48. The van der Waals surface area contributed by atoms with Gasteiger partial charge in [-0.1, -0.05) is 6.92 Å². The summed E-state index contributed by atoms with van der Waals surface area (Å²) < 4.78 is 10.7. The first-order valence-corrected chi connectivity index (χ1v) is 7.34. The molecular weight excluding hydrogens is 276 g/mol. The van der Waals surface area contributed by atoms with Gasteiger partial charge < -0.3 is 25.2 Å². The predicted octanol–water partition coefficient (Wildman–Crippen LogP) is 0.982. The average molecular weight is 302 g/mol. The van der Waals surface area contributed by atoms with E-state index in [1.807, 2.05) is 6.92 Å². The predicted molar refractivity (Wildman–Crippen MR) is 77.2 cm³/mol. The fourth-order valence-electron chi connectivity index (χ4n) is 2.21. The van der Waals surface area contributed by atoms with Crippen LogP contribution in [0.25, 0.3) is 0 Å². The molecule has 1 saturated heterocycles. The third-order valence-corrected chi connectivity index (χ3v) is 3.84. The zero-order valence-electron chi connectivity index (χ0n) is 12.8. The lowest BCUT2D eigenvalue weighted by molar-refractivity contribution is -0.137. The minimum atomic E-state index is -0.781. The quantitative estimate of drug-likeness (QED) is 0.590. The van der Waals surface area contributed by atoms with Gasteiger partial charge in [-0.05, 0) is 18.8 Å². The summed E-state index contributed by atoms with van der Waals surface area (Å²) in [6.45, 7) is 4.08. The number of ether oxygens (including phenoxy) is 2. The van der Waals surface area contributed by atoms with Crippen LogP contribution in [0.2, 0.25) is 0 Å². The number of hydrogen-bond donors (Lipinski definition) is 3. The Labute approximate surface area is 125 Å². The number of methoxy groups -OCH3 is 1. The molecule has 3 N–H and O–H groups in total. The van der Waals surface area contributed by atoms with Crippen LogP contribution in [0, 0.1) is 5.92 Å². The topological polar surface area (TPSA) is 96.9 Å². The van der Waals surface area contributed by atoms with Crippen molar-refractivity contribution in [2.24, 2.45) is 5.92 Å². The van der Waals surface area contributed by atoms with Gasteiger partial charge in [0.05, 0.1) is 13.2 Å². The second-order valence-electron chi connectivity index (χ2n) is 5.63. The Hall–Kier alpha value is -1.34. The zero-order valence-corrected chi connectivity index (χ0v) is 12.8. The highest BCUT2D eigenvalue weighted by Gasteiger charge is 2.35. The van der Waals surface area contributed by atoms with Crippen LogP contribution in [0.15, 0.2) is 0 Å². The second kappa shape index (κ2) is 8.84. The SMILES string of the molecule is COC1(CNC(=O)NCCC(C)CCC(=O)O)CCOC1. The van der Waals surface area contributed by atoms with Gasteiger partial charge in [-0.25, -0.2) is 4.79 Å². The van der Waals surface area contributed by atoms with Crippen molar-refractivity contribution in [3.63, 3.8) is 0 Å². The monoisotopic (exact) mass is 302 g/mol. The summed E-state index contributed by atoms with van der Waals surface area (Å²) in [5, 5.41) is 14.2. The van der Waals surface area contributed by atoms with Crippen molar-refractivity contribution in [1.82, 2.24) is 10.6 Å². The number of carbonyl (C=O) groups excluding carboxylic acids is 1. The highest BCUT2D eigenvalue weighted by Crippen LogP contribution is 2.21. The number of nitrogens with one attached hydrogen (secondary N) is 2. The van der Waals surface area contributed by atoms with Crippen molar-refractivity contribution in [3.8, 4) is 0 Å². The third-order valence-electron chi connectivity index (χ3n) is 3.84. The number of rotatable bonds is 9. The van der Waals surface area contributed by atoms with Crippen LogP contribution >= 0.6 is 0 Å². The molecule has 21 heavy (non-hydrogen) atoms. The molecule has 2 amide bonds. The van der Waals surface area contributed by atoms with Crippen LogP contribution in [-0.4, -0.2) is 56.1 Å². The molecule has 1 fully saturated rings. The van der Waals surface area contributed by atoms with Crippen molar-refractivity contribution in [2.45, 2.75) is 38.2 Å². The highest BCUT2D eigenvalue weighted by atomic mass is 16.5. The molecule has 0 aromatic heterocycles. The number of carbonyl (C=O) groups is 2. The van der Waals surface area contributed by atoms with Gasteiger partial charge in [0.15, 0.2) is 0 Å². The van der Waals surface area contributed by atoms with Gasteiger partial charge in [-0.2, -0.15) is 0 Å². The first-order valence-electron chi connectivity index (χ1n) is 7.34. The summed E-state index contributed by atoms with van der Waals surface area (Å²) >= 11 is 0. The maximum Gasteiger partial charge on any atom is 0.314 e. The fourth-order valence-corrected chi connectivity index (χ4v) is 2.21. The molecule has 1 heterocycles. The van der Waals surface area contributed by atoms with E-state index in [0.717, 1.165) is 12.8 Å². The average Bonchev–Trinajstić information content (AvgIpc) is 2.92. The summed E-state index contributed by atoms with van der Waals surface area (Å²) in [6.07, 6.45) is 2.34. The van der Waals surface area contributed by atoms with Crippen molar-refractivity contribution in [2.75, 3.05) is 33.4 Å². The molecule has 0 radical (unpaired) electrons. The Kier molecular flexibility index (Phi) is 7.45. The zero-order chi connectivity index (χ0) is 15.7. The molecular formula is C14H26N2O5. The Balaban J connectivity index is 2.12. The van der Waals surface area contributed by atoms with Crippen LogP contribution in [0.5, 0.6) is 0 Å². The van der Waals surface area contributed by atoms with E-state index >= 15 is 0 Å². The van der Waals surface area contributed by atoms with Crippen LogP contribution in [0.3, 0.4) is 0 Å². The summed E-state index contributed by atoms with van der Waals surface area (Å²) in [6, 6.07) is -0.233.